The molecule has 38 heavy (non-hydrogen) atoms. The maximum absolute atomic E-state index is 13.0. The number of hydrogen-bond donors (Lipinski definition) is 2. The lowest BCUT2D eigenvalue weighted by Gasteiger charge is -2.30. The predicted molar refractivity (Wildman–Crippen MR) is 144 cm³/mol. The van der Waals surface area contributed by atoms with E-state index in [9.17, 15) is 18.0 Å². The molecule has 6 nitrogen and oxygen atoms in total. The first kappa shape index (κ1) is 27.8. The van der Waals surface area contributed by atoms with E-state index in [1.807, 2.05) is 26.0 Å². The van der Waals surface area contributed by atoms with Crippen LogP contribution in [-0.4, -0.2) is 26.5 Å². The van der Waals surface area contributed by atoms with Crippen LogP contribution in [0, 0.1) is 19.3 Å². The van der Waals surface area contributed by atoms with E-state index in [1.165, 1.54) is 23.5 Å². The molecule has 1 amide bonds. The summed E-state index contributed by atoms with van der Waals surface area (Å²) in [5, 5.41) is 16.4. The van der Waals surface area contributed by atoms with E-state index in [4.69, 9.17) is 0 Å². The summed E-state index contributed by atoms with van der Waals surface area (Å²) in [5.74, 6) is 0.208. The third-order valence-electron chi connectivity index (χ3n) is 5.95. The van der Waals surface area contributed by atoms with E-state index in [1.54, 1.807) is 11.8 Å². The number of hydrogen-bond acceptors (Lipinski definition) is 6. The molecule has 0 spiro atoms. The molecule has 0 bridgehead atoms. The summed E-state index contributed by atoms with van der Waals surface area (Å²) in [7, 11) is 0. The second-order valence-electron chi connectivity index (χ2n) is 10.1. The topological polar surface area (TPSA) is 83.6 Å². The first-order valence-electron chi connectivity index (χ1n) is 11.9. The molecule has 4 rings (SSSR count). The van der Waals surface area contributed by atoms with Crippen LogP contribution in [0.5, 0.6) is 0 Å². The Kier molecular flexibility index (Phi) is 7.98. The van der Waals surface area contributed by atoms with E-state index >= 15 is 0 Å². The van der Waals surface area contributed by atoms with Gasteiger partial charge in [-0.05, 0) is 77.9 Å². The zero-order valence-corrected chi connectivity index (χ0v) is 23.2. The highest BCUT2D eigenvalue weighted by Gasteiger charge is 2.31. The van der Waals surface area contributed by atoms with Crippen LogP contribution >= 0.6 is 23.1 Å². The van der Waals surface area contributed by atoms with Gasteiger partial charge in [-0.25, -0.2) is 0 Å². The summed E-state index contributed by atoms with van der Waals surface area (Å²) in [6, 6.07) is 13.3. The molecule has 0 fully saturated rings. The van der Waals surface area contributed by atoms with Gasteiger partial charge < -0.3 is 5.32 Å². The van der Waals surface area contributed by atoms with Crippen molar-refractivity contribution in [1.82, 2.24) is 25.9 Å². The molecule has 11 heteroatoms. The fraction of sp³-hybridized carbons (Fsp3) is 0.333. The van der Waals surface area contributed by atoms with E-state index in [0.29, 0.717) is 10.7 Å². The van der Waals surface area contributed by atoms with Crippen LogP contribution < -0.4 is 5.32 Å². The third-order valence-corrected chi connectivity index (χ3v) is 8.96. The minimum absolute atomic E-state index is 0.0713. The minimum Gasteiger partial charge on any atom is -0.344 e. The van der Waals surface area contributed by atoms with Gasteiger partial charge in [0.2, 0.25) is 0 Å². The van der Waals surface area contributed by atoms with Crippen molar-refractivity contribution in [3.05, 3.63) is 80.8 Å². The van der Waals surface area contributed by atoms with Gasteiger partial charge in [0.15, 0.2) is 5.82 Å². The second kappa shape index (κ2) is 10.9. The van der Waals surface area contributed by atoms with Crippen molar-refractivity contribution in [2.24, 2.45) is 5.41 Å². The Bertz CT molecular complexity index is 1380. The molecule has 2 aromatic heterocycles. The molecule has 0 aliphatic heterocycles. The normalized spacial score (nSPS) is 12.9. The number of amides is 1. The molecule has 0 saturated carbocycles. The number of carbonyl (C=O) groups is 1. The monoisotopic (exact) mass is 559 g/mol. The van der Waals surface area contributed by atoms with Gasteiger partial charge in [-0.15, -0.1) is 33.3 Å². The molecule has 0 aliphatic rings. The lowest BCUT2D eigenvalue weighted by Crippen LogP contribution is -2.22. The molecule has 2 heterocycles. The van der Waals surface area contributed by atoms with Crippen molar-refractivity contribution in [3.8, 4) is 11.1 Å². The third kappa shape index (κ3) is 6.44. The molecule has 200 valence electrons. The summed E-state index contributed by atoms with van der Waals surface area (Å²) < 4.78 is 39.0. The fourth-order valence-electron chi connectivity index (χ4n) is 4.19. The number of aryl methyl sites for hydroxylation is 2. The summed E-state index contributed by atoms with van der Waals surface area (Å²) in [5.41, 5.74) is 2.91. The number of nitrogens with zero attached hydrogens (tertiary/aromatic N) is 3. The molecule has 1 unspecified atom stereocenters. The molecule has 4 aromatic rings. The van der Waals surface area contributed by atoms with E-state index in [-0.39, 0.29) is 23.1 Å². The minimum atomic E-state index is -4.36. The molecule has 2 N–H and O–H groups in total. The molecule has 0 radical (unpaired) electrons. The Morgan fingerprint density at radius 3 is 2.26 bits per heavy atom. The average molecular weight is 560 g/mol. The molecule has 0 aliphatic carbocycles. The number of benzene rings is 2. The Morgan fingerprint density at radius 1 is 1.05 bits per heavy atom. The van der Waals surface area contributed by atoms with Crippen molar-refractivity contribution >= 4 is 29.0 Å². The molecule has 1 atom stereocenters. The van der Waals surface area contributed by atoms with Crippen LogP contribution in [-0.2, 0) is 12.7 Å². The Morgan fingerprint density at radius 2 is 1.71 bits per heavy atom. The van der Waals surface area contributed by atoms with Crippen molar-refractivity contribution < 1.29 is 18.0 Å². The summed E-state index contributed by atoms with van der Waals surface area (Å²) >= 11 is 3.18. The first-order chi connectivity index (χ1) is 17.8. The smallest absolute Gasteiger partial charge is 0.344 e. The van der Waals surface area contributed by atoms with Gasteiger partial charge in [0.1, 0.15) is 0 Å². The number of halogens is 3. The van der Waals surface area contributed by atoms with Crippen LogP contribution in [0.1, 0.15) is 63.1 Å². The van der Waals surface area contributed by atoms with Crippen LogP contribution in [0.15, 0.2) is 53.4 Å². The lowest BCUT2D eigenvalue weighted by atomic mass is 9.91. The highest BCUT2D eigenvalue weighted by atomic mass is 32.2. The first-order valence-corrected chi connectivity index (χ1v) is 13.6. The largest absolute Gasteiger partial charge is 0.416 e. The van der Waals surface area contributed by atoms with Gasteiger partial charge in [0.25, 0.3) is 5.91 Å². The zero-order valence-electron chi connectivity index (χ0n) is 21.6. The zero-order chi connectivity index (χ0) is 27.7. The van der Waals surface area contributed by atoms with E-state index in [0.717, 1.165) is 44.2 Å². The fourth-order valence-corrected chi connectivity index (χ4v) is 6.94. The highest BCUT2D eigenvalue weighted by Crippen LogP contribution is 2.50. The Hall–Kier alpha value is -3.18. The predicted octanol–water partition coefficient (Wildman–Crippen LogP) is 7.37. The quantitative estimate of drug-likeness (QED) is 0.231. The average Bonchev–Trinajstić information content (AvgIpc) is 3.52. The number of nitrogens with one attached hydrogen (secondary N) is 2. The number of aromatic amines is 1. The Labute approximate surface area is 227 Å². The second-order valence-corrected chi connectivity index (χ2v) is 12.4. The van der Waals surface area contributed by atoms with Gasteiger partial charge in [-0.2, -0.15) is 18.4 Å². The maximum Gasteiger partial charge on any atom is 0.416 e. The number of thiophene rings is 1. The number of rotatable bonds is 7. The van der Waals surface area contributed by atoms with Crippen molar-refractivity contribution in [3.63, 3.8) is 0 Å². The lowest BCUT2D eigenvalue weighted by molar-refractivity contribution is -0.137. The van der Waals surface area contributed by atoms with Gasteiger partial charge in [-0.1, -0.05) is 38.1 Å². The van der Waals surface area contributed by atoms with Crippen LogP contribution in [0.2, 0.25) is 0 Å². The number of tetrazole rings is 1. The van der Waals surface area contributed by atoms with E-state index < -0.39 is 11.7 Å². The number of alkyl halides is 3. The van der Waals surface area contributed by atoms with Crippen molar-refractivity contribution in [2.75, 3.05) is 0 Å². The standard InChI is InChI=1S/C27H28F3N5OS2/c1-15-12-19(13-16(2)23(15)17-6-8-18(9-7-17)27(28,29)30)37-24(26(3,4)5)20-10-11-21(38-20)25(36)31-14-22-32-34-35-33-22/h6-13,24H,14H2,1-5H3,(H,31,36)(H,32,33,34,35). The van der Waals surface area contributed by atoms with Gasteiger partial charge >= 0.3 is 6.18 Å². The Balaban J connectivity index is 1.55. The number of aromatic nitrogens is 4. The number of thioether (sulfide) groups is 1. The van der Waals surface area contributed by atoms with Crippen molar-refractivity contribution in [2.45, 2.75) is 57.5 Å². The maximum atomic E-state index is 13.0. The summed E-state index contributed by atoms with van der Waals surface area (Å²) in [6.07, 6.45) is -4.36. The highest BCUT2D eigenvalue weighted by molar-refractivity contribution is 7.99. The van der Waals surface area contributed by atoms with Crippen LogP contribution in [0.4, 0.5) is 13.2 Å². The summed E-state index contributed by atoms with van der Waals surface area (Å²) in [4.78, 5) is 15.4. The van der Waals surface area contributed by atoms with E-state index in [2.05, 4.69) is 58.8 Å². The van der Waals surface area contributed by atoms with Crippen LogP contribution in [0.25, 0.3) is 11.1 Å². The van der Waals surface area contributed by atoms with Crippen LogP contribution in [0.3, 0.4) is 0 Å². The van der Waals surface area contributed by atoms with Gasteiger partial charge in [0.05, 0.1) is 17.0 Å². The SMILES string of the molecule is Cc1cc(SC(c2ccc(C(=O)NCc3nn[nH]n3)s2)C(C)(C)C)cc(C)c1-c1ccc(C(F)(F)F)cc1. The number of H-pyrrole nitrogens is 1. The summed E-state index contributed by atoms with van der Waals surface area (Å²) in [6.45, 7) is 10.6. The van der Waals surface area contributed by atoms with Gasteiger partial charge in [-0.3, -0.25) is 4.79 Å². The molecule has 0 saturated heterocycles. The molecular weight excluding hydrogens is 531 g/mol. The number of carbonyl (C=O) groups excluding carboxylic acids is 1. The van der Waals surface area contributed by atoms with Gasteiger partial charge in [0, 0.05) is 15.0 Å². The molecule has 2 aromatic carbocycles. The molecular formula is C27H28F3N5OS2. The van der Waals surface area contributed by atoms with Crippen molar-refractivity contribution in [1.29, 1.82) is 0 Å².